The molecule has 0 aromatic rings. The van der Waals surface area contributed by atoms with Gasteiger partial charge in [-0.25, -0.2) is 8.78 Å². The van der Waals surface area contributed by atoms with Crippen molar-refractivity contribution in [2.45, 2.75) is 76.1 Å². The van der Waals surface area contributed by atoms with E-state index in [1.54, 1.807) is 20.8 Å². The number of carbonyl (C=O) groups excluding carboxylic acids is 4. The number of rotatable bonds is 4. The number of ketones is 2. The number of halogens is 3. The number of ether oxygens (including phenoxy) is 2. The van der Waals surface area contributed by atoms with Gasteiger partial charge in [0.1, 0.15) is 5.83 Å². The largest absolute Gasteiger partial charge is 0.458 e. The van der Waals surface area contributed by atoms with Crippen LogP contribution in [-0.4, -0.2) is 57.4 Å². The summed E-state index contributed by atoms with van der Waals surface area (Å²) >= 11 is 3.72. The second-order valence-electron chi connectivity index (χ2n) is 11.1. The van der Waals surface area contributed by atoms with Gasteiger partial charge in [-0.3, -0.25) is 19.2 Å². The zero-order valence-corrected chi connectivity index (χ0v) is 22.5. The molecule has 0 saturated heterocycles. The van der Waals surface area contributed by atoms with Crippen LogP contribution in [0, 0.1) is 28.6 Å². The number of allylic oxidation sites excluding steroid dienone is 4. The average Bonchev–Trinajstić information content (AvgIpc) is 2.98. The molecule has 0 radical (unpaired) electrons. The van der Waals surface area contributed by atoms with Crippen molar-refractivity contribution in [3.05, 3.63) is 23.6 Å². The van der Waals surface area contributed by atoms with Crippen molar-refractivity contribution in [2.24, 2.45) is 28.6 Å². The first kappa shape index (κ1) is 27.1. The third-order valence-electron chi connectivity index (χ3n) is 9.35. The van der Waals surface area contributed by atoms with Crippen LogP contribution in [0.25, 0.3) is 0 Å². The highest BCUT2D eigenvalue weighted by Crippen LogP contribution is 2.73. The zero-order valence-electron chi connectivity index (χ0n) is 20.9. The molecule has 198 valence electrons. The topological polar surface area (TPSA) is 107 Å². The van der Waals surface area contributed by atoms with E-state index in [9.17, 15) is 24.3 Å². The van der Waals surface area contributed by atoms with E-state index < -0.39 is 86.7 Å². The van der Waals surface area contributed by atoms with Gasteiger partial charge in [-0.15, -0.1) is 0 Å². The zero-order chi connectivity index (χ0) is 27.0. The number of fused-ring (bicyclic) bond motifs is 5. The summed E-state index contributed by atoms with van der Waals surface area (Å²) in [5.74, 6) is -5.19. The third-order valence-corrected chi connectivity index (χ3v) is 11.3. The van der Waals surface area contributed by atoms with Crippen LogP contribution in [-0.2, 0) is 28.7 Å². The molecule has 7 nitrogen and oxygen atoms in total. The van der Waals surface area contributed by atoms with Gasteiger partial charge in [0.15, 0.2) is 24.2 Å². The first-order chi connectivity index (χ1) is 16.6. The van der Waals surface area contributed by atoms with E-state index in [0.717, 1.165) is 13.0 Å². The van der Waals surface area contributed by atoms with Gasteiger partial charge < -0.3 is 14.6 Å². The summed E-state index contributed by atoms with van der Waals surface area (Å²) in [6.07, 6.45) is -0.775. The second-order valence-corrected chi connectivity index (χ2v) is 12.4. The van der Waals surface area contributed by atoms with Gasteiger partial charge in [-0.05, 0) is 30.8 Å². The lowest BCUT2D eigenvalue weighted by molar-refractivity contribution is -0.201. The minimum absolute atomic E-state index is 0.0356. The Kier molecular flexibility index (Phi) is 6.43. The van der Waals surface area contributed by atoms with Crippen molar-refractivity contribution >= 4 is 39.4 Å². The molecule has 0 spiro atoms. The normalized spacial score (nSPS) is 45.5. The summed E-state index contributed by atoms with van der Waals surface area (Å²) in [5.41, 5.74) is -4.51. The van der Waals surface area contributed by atoms with Gasteiger partial charge in [-0.1, -0.05) is 42.8 Å². The highest BCUT2D eigenvalue weighted by atomic mass is 79.9. The molecule has 0 amide bonds. The van der Waals surface area contributed by atoms with Crippen LogP contribution >= 0.6 is 15.9 Å². The Morgan fingerprint density at radius 1 is 1.19 bits per heavy atom. The van der Waals surface area contributed by atoms with E-state index in [0.29, 0.717) is 6.42 Å². The summed E-state index contributed by atoms with van der Waals surface area (Å²) in [7, 11) is 0. The highest BCUT2D eigenvalue weighted by molar-refractivity contribution is 9.10. The van der Waals surface area contributed by atoms with Gasteiger partial charge in [0.25, 0.3) is 0 Å². The molecule has 2 fully saturated rings. The Hall–Kier alpha value is -1.94. The first-order valence-electron chi connectivity index (χ1n) is 12.1. The number of esters is 2. The van der Waals surface area contributed by atoms with Crippen LogP contribution in [0.2, 0.25) is 0 Å². The van der Waals surface area contributed by atoms with Gasteiger partial charge >= 0.3 is 11.9 Å². The fourth-order valence-corrected chi connectivity index (χ4v) is 8.91. The molecule has 0 aromatic carbocycles. The number of aliphatic hydroxyl groups excluding tert-OH is 1. The summed E-state index contributed by atoms with van der Waals surface area (Å²) in [5, 5.41) is 11.7. The lowest BCUT2D eigenvalue weighted by atomic mass is 9.46. The fraction of sp³-hybridized carbons (Fsp3) is 0.692. The molecule has 1 N–H and O–H groups in total. The van der Waals surface area contributed by atoms with Crippen molar-refractivity contribution < 1.29 is 42.5 Å². The SMILES string of the molecule is CC(=O)OCC(=O)[C@@]1(OC(C)=O)[C@@H](C)C[C@H]2[C@@H]3CC(F)=C4C(F)C(=O)C=C[C@]4(C)[C@@]3(Br)[C@@H](O)C[C@@]21C. The summed E-state index contributed by atoms with van der Waals surface area (Å²) in [6, 6.07) is 0. The van der Waals surface area contributed by atoms with Crippen LogP contribution < -0.4 is 0 Å². The van der Waals surface area contributed by atoms with Crippen molar-refractivity contribution in [1.82, 2.24) is 0 Å². The van der Waals surface area contributed by atoms with E-state index in [1.807, 2.05) is 0 Å². The van der Waals surface area contributed by atoms with E-state index in [4.69, 9.17) is 9.47 Å². The fourth-order valence-electron chi connectivity index (χ4n) is 7.92. The van der Waals surface area contributed by atoms with Crippen molar-refractivity contribution in [3.63, 3.8) is 0 Å². The van der Waals surface area contributed by atoms with E-state index in [1.165, 1.54) is 13.0 Å². The molecule has 10 heteroatoms. The molecule has 4 aliphatic rings. The molecule has 2 saturated carbocycles. The number of hydrogen-bond donors (Lipinski definition) is 1. The second kappa shape index (κ2) is 8.55. The lowest BCUT2D eigenvalue weighted by Crippen LogP contribution is -2.70. The third kappa shape index (κ3) is 3.28. The molecule has 36 heavy (non-hydrogen) atoms. The van der Waals surface area contributed by atoms with E-state index in [2.05, 4.69) is 15.9 Å². The average molecular weight is 573 g/mol. The maximum absolute atomic E-state index is 15.6. The molecule has 1 unspecified atom stereocenters. The predicted octanol–water partition coefficient (Wildman–Crippen LogP) is 3.71. The number of Topliss-reactive ketones (excluding diaryl/α,β-unsaturated/α-hetero) is 1. The molecule has 0 heterocycles. The number of hydrogen-bond acceptors (Lipinski definition) is 7. The summed E-state index contributed by atoms with van der Waals surface area (Å²) in [6.45, 7) is 6.82. The van der Waals surface area contributed by atoms with Crippen LogP contribution in [0.3, 0.4) is 0 Å². The van der Waals surface area contributed by atoms with Gasteiger partial charge in [-0.2, -0.15) is 0 Å². The standard InChI is InChI=1S/C26H31BrF2O7/c1-12-8-15-16-9-17(28)21-22(29)18(32)6-7-23(21,4)25(16,27)19(33)10-24(15,5)26(12,36-14(3)31)20(34)11-35-13(2)30/h6-7,12,15-16,19,22,33H,8-11H2,1-5H3/t12-,15-,16-,19-,22?,23-,24-,25-,26-/m0/s1. The van der Waals surface area contributed by atoms with Crippen molar-refractivity contribution in [2.75, 3.05) is 6.61 Å². The Bertz CT molecular complexity index is 1100. The molecule has 9 atom stereocenters. The smallest absolute Gasteiger partial charge is 0.303 e. The maximum Gasteiger partial charge on any atom is 0.303 e. The highest BCUT2D eigenvalue weighted by Gasteiger charge is 2.77. The van der Waals surface area contributed by atoms with Gasteiger partial charge in [0, 0.05) is 42.6 Å². The minimum atomic E-state index is -2.15. The number of carbonyl (C=O) groups is 4. The Morgan fingerprint density at radius 3 is 2.42 bits per heavy atom. The number of aliphatic hydroxyl groups is 1. The van der Waals surface area contributed by atoms with Crippen LogP contribution in [0.4, 0.5) is 8.78 Å². The Balaban J connectivity index is 1.88. The molecule has 0 bridgehead atoms. The molecular weight excluding hydrogens is 542 g/mol. The Labute approximate surface area is 216 Å². The maximum atomic E-state index is 15.6. The van der Waals surface area contributed by atoms with Crippen LogP contribution in [0.15, 0.2) is 23.6 Å². The molecule has 4 rings (SSSR count). The summed E-state index contributed by atoms with van der Waals surface area (Å²) < 4.78 is 40.2. The molecule has 4 aliphatic carbocycles. The lowest BCUT2D eigenvalue weighted by Gasteiger charge is -2.64. The number of alkyl halides is 2. The molecular formula is C26H31BrF2O7. The van der Waals surface area contributed by atoms with Crippen LogP contribution in [0.1, 0.15) is 53.9 Å². The van der Waals surface area contributed by atoms with Gasteiger partial charge in [0.2, 0.25) is 5.78 Å². The molecule has 0 aliphatic heterocycles. The Morgan fingerprint density at radius 2 is 1.83 bits per heavy atom. The van der Waals surface area contributed by atoms with E-state index >= 15 is 8.78 Å². The van der Waals surface area contributed by atoms with Gasteiger partial charge in [0.05, 0.1) is 10.4 Å². The summed E-state index contributed by atoms with van der Waals surface area (Å²) in [4.78, 5) is 49.4. The first-order valence-corrected chi connectivity index (χ1v) is 12.9. The van der Waals surface area contributed by atoms with Crippen molar-refractivity contribution in [3.8, 4) is 0 Å². The minimum Gasteiger partial charge on any atom is -0.458 e. The predicted molar refractivity (Wildman–Crippen MR) is 127 cm³/mol. The monoisotopic (exact) mass is 572 g/mol. The van der Waals surface area contributed by atoms with Crippen molar-refractivity contribution in [1.29, 1.82) is 0 Å². The quantitative estimate of drug-likeness (QED) is 0.404. The van der Waals surface area contributed by atoms with E-state index in [-0.39, 0.29) is 18.4 Å². The molecule has 0 aromatic heterocycles. The van der Waals surface area contributed by atoms with Crippen LogP contribution in [0.5, 0.6) is 0 Å².